The summed E-state index contributed by atoms with van der Waals surface area (Å²) >= 11 is 0. The Morgan fingerprint density at radius 3 is 1.36 bits per heavy atom. The fourth-order valence-corrected chi connectivity index (χ4v) is 11.9. The number of piperidine rings is 1. The Kier molecular flexibility index (Phi) is 61.0. The van der Waals surface area contributed by atoms with Crippen LogP contribution in [0, 0.1) is 327 Å². The van der Waals surface area contributed by atoms with Crippen molar-refractivity contribution in [3.05, 3.63) is 35.5 Å². The fraction of sp³-hybridized carbons (Fsp3) is 0.400. The molecule has 3 fully saturated rings. The second kappa shape index (κ2) is 71.3. The third-order valence-corrected chi connectivity index (χ3v) is 17.5. The highest BCUT2D eigenvalue weighted by atomic mass is 17.9. The van der Waals surface area contributed by atoms with Gasteiger partial charge in [-0.3, -0.25) is 14.4 Å². The number of cyclic esters (lactones) is 1. The monoisotopic (exact) mass is 1780 g/mol. The van der Waals surface area contributed by atoms with Crippen LogP contribution in [0.2, 0.25) is 0 Å². The molecule has 0 aromatic heterocycles. The van der Waals surface area contributed by atoms with Gasteiger partial charge in [0.05, 0.1) is 30.5 Å². The molecule has 4 aliphatic rings. The van der Waals surface area contributed by atoms with Crippen LogP contribution < -0.4 is 5.64 Å². The number of hydrogen-bond donors (Lipinski definition) is 6. The van der Waals surface area contributed by atoms with Crippen molar-refractivity contribution in [2.75, 3.05) is 27.9 Å². The molecule has 0 unspecified atom stereocenters. The van der Waals surface area contributed by atoms with E-state index in [4.69, 9.17) is 47.0 Å². The number of ketones is 2. The summed E-state index contributed by atoms with van der Waals surface area (Å²) in [5, 5.41) is 75.4. The molecule has 1 aliphatic carbocycles. The van der Waals surface area contributed by atoms with E-state index >= 15 is 0 Å². The van der Waals surface area contributed by atoms with Crippen LogP contribution >= 0.6 is 0 Å². The zero-order valence-corrected chi connectivity index (χ0v) is 70.4. The Morgan fingerprint density at radius 2 is 0.952 bits per heavy atom. The van der Waals surface area contributed by atoms with Gasteiger partial charge in [0.25, 0.3) is 11.7 Å². The highest BCUT2D eigenvalue weighted by Crippen LogP contribution is 2.40. The van der Waals surface area contributed by atoms with Gasteiger partial charge in [-0.2, -0.15) is 0 Å². The third-order valence-electron chi connectivity index (χ3n) is 17.5. The van der Waals surface area contributed by atoms with Gasteiger partial charge in [0.2, 0.25) is 5.79 Å². The molecule has 3 aliphatic heterocycles. The minimum Gasteiger partial charge on any atom is -0.456 e. The number of carbonyl (C=O) groups is 4. The maximum Gasteiger partial charge on any atom is 0.329 e. The van der Waals surface area contributed by atoms with Crippen molar-refractivity contribution in [2.24, 2.45) is 29.6 Å². The van der Waals surface area contributed by atoms with Crippen LogP contribution in [0.3, 0.4) is 0 Å². The third kappa shape index (κ3) is 49.0. The van der Waals surface area contributed by atoms with Gasteiger partial charge in [0.15, 0.2) is 0 Å². The molecule has 126 heavy (non-hydrogen) atoms. The standard InChI is InChI=1S/C50H81NO12.C50H2.H3NO12.39H2/c1-10-11-12-13-14-15-16-19-37-25-31(2)24-32(3)26-43(60-8)46-44(61-9)28-34(5)50(58,63-46)47(55)48(56)51-23-18-17-20-38(51)49(57)62-45(35(6)40(53)30-41(37)54)33(4)27-36-21-22-39(52)42(29-36)59-7;1-3-5-7-9-11-13-15-17-19-21-23-25-27-29-31-33-35-37-39-41-43-45-47-49-50-48-46-44-42-40-38-36-34-32-30-28-26-24-22-20-18-16-14-12-10-8-6-4-2;2-6-10-12-8-4-1-5-9-13-11-7-3;;;;;;;;;;;;;;;;;;;;;;;;;;;;;;;;;;;;;;;/h15-16,25,27,32,34-40,42-46,52-53,58H,10-14,17-24,26,28-30H2,1-9H3;1-2H;1-3H;39*1H/b16-15+,31-25+,33-27+;;;;;;;;;;;;;;;;;;;;;;;;;;;;;;;;;;;;;;;;;/t32-,34+,35+,36-,37+,38-,39+,40-,42+,43-,44-,45+,46+,50+;;;;;;;;;;;;;;;;;;;;;;;;;;;;;;;;;;;;;;;;;/m0........................................./s1. The molecule has 0 radical (unpaired) electrons. The van der Waals surface area contributed by atoms with E-state index in [0.29, 0.717) is 56.9 Å². The minimum absolute atomic E-state index is 0. The van der Waals surface area contributed by atoms with Crippen LogP contribution in [0.1, 0.15) is 200 Å². The van der Waals surface area contributed by atoms with Gasteiger partial charge >= 0.3 is 5.97 Å². The molecule has 1 saturated carbocycles. The first-order chi connectivity index (χ1) is 61.3. The van der Waals surface area contributed by atoms with E-state index in [2.05, 4.69) is 360 Å². The first-order valence-corrected chi connectivity index (χ1v) is 38.4. The summed E-state index contributed by atoms with van der Waals surface area (Å²) in [6.45, 7) is 11.6. The van der Waals surface area contributed by atoms with E-state index < -0.39 is 83.9 Å². The number of amides is 1. The van der Waals surface area contributed by atoms with Crippen LogP contribution in [-0.4, -0.2) is 137 Å². The minimum atomic E-state index is -2.51. The zero-order valence-electron chi connectivity index (χ0n) is 70.4. The Bertz CT molecular complexity index is 5440. The zero-order chi connectivity index (χ0) is 92.2. The molecule has 0 aromatic rings. The number of carbonyl (C=O) groups excluding carboxylic acids is 4. The van der Waals surface area contributed by atoms with Gasteiger partial charge in [0.1, 0.15) is 24.0 Å². The number of allylic oxidation sites excluding steroid dienone is 5. The molecule has 2 saturated heterocycles. The van der Waals surface area contributed by atoms with Crippen molar-refractivity contribution in [1.29, 1.82) is 0 Å². The van der Waals surface area contributed by atoms with E-state index in [1.54, 1.807) is 35.2 Å². The van der Waals surface area contributed by atoms with Gasteiger partial charge in [-0.05, 0) is 249 Å². The quantitative estimate of drug-likeness (QED) is 0.0112. The van der Waals surface area contributed by atoms with Crippen LogP contribution in [-0.2, 0) is 93.1 Å². The number of fused-ring (bicyclic) bond motifs is 3. The number of aliphatic hydroxyl groups excluding tert-OH is 2. The molecular formula is C100H164N2O24. The number of ether oxygens (including phenoxy) is 5. The maximum absolute atomic E-state index is 14.5. The first kappa shape index (κ1) is 108. The molecule has 3 heterocycles. The highest BCUT2D eigenvalue weighted by Gasteiger charge is 2.57. The van der Waals surface area contributed by atoms with Crippen LogP contribution in [0.4, 0.5) is 0 Å². The predicted molar refractivity (Wildman–Crippen MR) is 538 cm³/mol. The van der Waals surface area contributed by atoms with Gasteiger partial charge in [-0.25, -0.2) is 15.3 Å². The van der Waals surface area contributed by atoms with Crippen LogP contribution in [0.25, 0.3) is 0 Å². The summed E-state index contributed by atoms with van der Waals surface area (Å²) in [5.74, 6) is 110. The molecule has 26 heteroatoms. The summed E-state index contributed by atoms with van der Waals surface area (Å²) in [7, 11) is 4.65. The van der Waals surface area contributed by atoms with Gasteiger partial charge in [-0.1, -0.05) is 86.8 Å². The normalized spacial score (nSPS) is 21.8. The summed E-state index contributed by atoms with van der Waals surface area (Å²) < 4.78 is 30.0. The molecule has 4 rings (SSSR count). The number of unbranched alkanes of at least 4 members (excludes halogenated alkanes) is 4. The number of Topliss-reactive ketones (excluding diaryl/α,β-unsaturated/α-hetero) is 2. The van der Waals surface area contributed by atoms with E-state index in [9.17, 15) is 34.5 Å². The van der Waals surface area contributed by atoms with Gasteiger partial charge in [-0.15, -0.1) is 12.8 Å². The number of aliphatic hydroxyl groups is 3. The lowest BCUT2D eigenvalue weighted by atomic mass is 9.81. The Hall–Kier alpha value is -14.3. The number of nitrogens with zero attached hydrogens (tertiary/aromatic N) is 1. The van der Waals surface area contributed by atoms with Crippen molar-refractivity contribution in [2.45, 2.75) is 199 Å². The van der Waals surface area contributed by atoms with Crippen molar-refractivity contribution < 1.29 is 175 Å². The number of esters is 1. The number of methoxy groups -OCH3 is 3. The van der Waals surface area contributed by atoms with E-state index in [-0.39, 0.29) is 105 Å². The lowest BCUT2D eigenvalue weighted by Crippen LogP contribution is -2.64. The van der Waals surface area contributed by atoms with E-state index in [1.807, 2.05) is 26.0 Å². The first-order valence-electron chi connectivity index (χ1n) is 38.4. The fourth-order valence-electron chi connectivity index (χ4n) is 11.9. The molecule has 0 spiro atoms. The molecule has 0 aromatic carbocycles. The molecule has 718 valence electrons. The Morgan fingerprint density at radius 1 is 0.532 bits per heavy atom. The van der Waals surface area contributed by atoms with E-state index in [1.165, 1.54) is 17.0 Å². The second-order valence-electron chi connectivity index (χ2n) is 26.1. The van der Waals surface area contributed by atoms with E-state index in [0.717, 1.165) is 31.3 Å². The lowest BCUT2D eigenvalue weighted by molar-refractivity contribution is -0.792. The summed E-state index contributed by atoms with van der Waals surface area (Å²) in [5.41, 5.74) is 3.03. The number of nitrogens with one attached hydrogen (secondary N) is 1. The SMILES string of the molecule is C#CC#CC#CC#CC#CC#CC#CC#CC#CC#CC#CC#CC#CC#CC#CC#CC#CC#CC#CC#CC#CC#CC#CC#CC#C.CCCCCC/C=C/C[C@@H]1/C=C(\C)C[C@H](C)C[C@H](OC)[C@H]2O[C@@](O)(C(=O)C(=O)N3CCCC[C@H]3C(=O)O[C@H](/C(C)=C/[C@@H]3CC[C@@H](O)[C@H](OC)C3)[C@H](C)[C@@H](O)CC1=O)[C@H](C)C[C@@H]2OC.OOOOOONOOOOOO.[HH].[HH].[HH].[HH].[HH].[HH].[HH].[HH].[HH].[HH].[HH].[HH].[HH].[HH].[HH].[HH].[HH].[HH].[HH].[HH].[HH].[HH].[HH].[HH].[HH].[HH].[HH].[HH].[HH].[HH].[HH].[HH].[HH].[HH].[HH].[HH].[HH].[HH].[HH]. The Labute approximate surface area is 796 Å². The largest absolute Gasteiger partial charge is 0.456 e. The molecule has 6 N–H and O–H groups in total. The highest BCUT2D eigenvalue weighted by molar-refractivity contribution is 6.39. The average Bonchev–Trinajstić information content (AvgIpc) is 0.850. The van der Waals surface area contributed by atoms with Crippen LogP contribution in [0.5, 0.6) is 0 Å². The van der Waals surface area contributed by atoms with Crippen molar-refractivity contribution in [1.82, 2.24) is 10.5 Å². The molecule has 14 atom stereocenters. The molecular weight excluding hydrogens is 1610 g/mol. The van der Waals surface area contributed by atoms with Gasteiger partial charge in [0, 0.05) is 297 Å². The number of terminal acetylenes is 2. The number of hydrogen-bond acceptors (Lipinski definition) is 25. The molecule has 1 amide bonds. The maximum atomic E-state index is 14.5. The molecule has 2 bridgehead atoms. The second-order valence-corrected chi connectivity index (χ2v) is 26.1. The van der Waals surface area contributed by atoms with Crippen molar-refractivity contribution in [3.8, 4) is 297 Å². The lowest BCUT2D eigenvalue weighted by Gasteiger charge is -2.47. The number of rotatable bonds is 22. The molecule has 26 nitrogen and oxygen atoms in total. The van der Waals surface area contributed by atoms with Gasteiger partial charge < -0.3 is 43.9 Å². The smallest absolute Gasteiger partial charge is 0.329 e. The summed E-state index contributed by atoms with van der Waals surface area (Å²) in [6, 6.07) is -1.14. The summed E-state index contributed by atoms with van der Waals surface area (Å²) in [6.07, 6.45) is 23.1. The van der Waals surface area contributed by atoms with Crippen molar-refractivity contribution in [3.63, 3.8) is 0 Å². The average molecular weight is 1780 g/mol. The Balaban J connectivity index is -0.0000000406. The van der Waals surface area contributed by atoms with Crippen LogP contribution in [0.15, 0.2) is 35.5 Å². The predicted octanol–water partition coefficient (Wildman–Crippen LogP) is 15.7. The topological polar surface area (TPSA) is 323 Å². The van der Waals surface area contributed by atoms with Crippen molar-refractivity contribution >= 4 is 23.4 Å². The summed E-state index contributed by atoms with van der Waals surface area (Å²) in [4.78, 5) is 65.9.